The predicted molar refractivity (Wildman–Crippen MR) is 69.2 cm³/mol. The van der Waals surface area contributed by atoms with Crippen molar-refractivity contribution in [1.29, 1.82) is 0 Å². The maximum Gasteiger partial charge on any atom is 0.328 e. The van der Waals surface area contributed by atoms with Crippen LogP contribution in [0.4, 0.5) is 0 Å². The van der Waals surface area contributed by atoms with Crippen molar-refractivity contribution in [1.82, 2.24) is 4.98 Å². The number of hydrogen-bond donors (Lipinski definition) is 1. The number of aromatic nitrogens is 1. The van der Waals surface area contributed by atoms with Crippen LogP contribution in [-0.4, -0.2) is 16.1 Å². The van der Waals surface area contributed by atoms with E-state index in [4.69, 9.17) is 9.52 Å². The van der Waals surface area contributed by atoms with E-state index in [9.17, 15) is 4.79 Å². The van der Waals surface area contributed by atoms with Gasteiger partial charge in [0.1, 0.15) is 5.52 Å². The van der Waals surface area contributed by atoms with Crippen LogP contribution < -0.4 is 0 Å². The molecule has 0 saturated heterocycles. The number of carboxylic acid groups (broad SMARTS) is 1. The number of aliphatic carboxylic acids is 1. The van der Waals surface area contributed by atoms with Crippen LogP contribution >= 0.6 is 0 Å². The Morgan fingerprint density at radius 3 is 2.94 bits per heavy atom. The zero-order chi connectivity index (χ0) is 13.1. The van der Waals surface area contributed by atoms with Crippen LogP contribution in [-0.2, 0) is 4.79 Å². The number of aryl methyl sites for hydroxylation is 1. The molecule has 1 aromatic carbocycles. The van der Waals surface area contributed by atoms with Gasteiger partial charge in [0.15, 0.2) is 11.5 Å². The number of benzene rings is 1. The number of oxazole rings is 1. The highest BCUT2D eigenvalue weighted by Gasteiger charge is 2.03. The van der Waals surface area contributed by atoms with Crippen molar-refractivity contribution < 1.29 is 14.3 Å². The molecule has 0 fully saturated rings. The molecule has 0 spiro atoms. The van der Waals surface area contributed by atoms with Crippen molar-refractivity contribution in [3.8, 4) is 0 Å². The van der Waals surface area contributed by atoms with Crippen LogP contribution in [0.3, 0.4) is 0 Å². The van der Waals surface area contributed by atoms with Gasteiger partial charge >= 0.3 is 5.97 Å². The molecule has 4 heteroatoms. The minimum atomic E-state index is -0.957. The van der Waals surface area contributed by atoms with E-state index < -0.39 is 5.97 Å². The van der Waals surface area contributed by atoms with Crippen molar-refractivity contribution in [3.05, 3.63) is 47.9 Å². The third-order valence-electron chi connectivity index (χ3n) is 2.53. The summed E-state index contributed by atoms with van der Waals surface area (Å²) in [7, 11) is 0. The molecule has 1 aromatic heterocycles. The second kappa shape index (κ2) is 4.87. The second-order valence-electron chi connectivity index (χ2n) is 3.96. The first-order chi connectivity index (χ1) is 8.56. The van der Waals surface area contributed by atoms with Crippen LogP contribution in [0, 0.1) is 6.92 Å². The van der Waals surface area contributed by atoms with E-state index in [1.807, 2.05) is 25.1 Å². The van der Waals surface area contributed by atoms with Crippen molar-refractivity contribution in [2.24, 2.45) is 0 Å². The molecule has 0 saturated carbocycles. The van der Waals surface area contributed by atoms with Crippen molar-refractivity contribution >= 4 is 22.6 Å². The summed E-state index contributed by atoms with van der Waals surface area (Å²) in [6.07, 6.45) is 4.36. The minimum Gasteiger partial charge on any atom is -0.478 e. The van der Waals surface area contributed by atoms with Crippen LogP contribution in [0.25, 0.3) is 16.7 Å². The lowest BCUT2D eigenvalue weighted by Crippen LogP contribution is -1.85. The summed E-state index contributed by atoms with van der Waals surface area (Å²) in [5.74, 6) is -0.323. The Morgan fingerprint density at radius 2 is 2.22 bits per heavy atom. The van der Waals surface area contributed by atoms with E-state index in [0.717, 1.165) is 28.3 Å². The summed E-state index contributed by atoms with van der Waals surface area (Å²) >= 11 is 0. The van der Waals surface area contributed by atoms with E-state index >= 15 is 0 Å². The fourth-order valence-corrected chi connectivity index (χ4v) is 1.66. The van der Waals surface area contributed by atoms with Gasteiger partial charge in [-0.25, -0.2) is 9.78 Å². The lowest BCUT2D eigenvalue weighted by Gasteiger charge is -1.99. The monoisotopic (exact) mass is 243 g/mol. The molecule has 1 N–H and O–H groups in total. The van der Waals surface area contributed by atoms with Gasteiger partial charge in [0.25, 0.3) is 0 Å². The molecule has 4 nitrogen and oxygen atoms in total. The standard InChI is InChI=1S/C14H13NO3/c1-9(4-3-5-14(16)17)11-6-7-13-12(8-11)15-10(2)18-13/h3-8H,1-2H3,(H,16,17)/b5-3+,9-4+. The van der Waals surface area contributed by atoms with Gasteiger partial charge in [0, 0.05) is 13.0 Å². The fourth-order valence-electron chi connectivity index (χ4n) is 1.66. The zero-order valence-corrected chi connectivity index (χ0v) is 10.2. The van der Waals surface area contributed by atoms with Crippen LogP contribution in [0.1, 0.15) is 18.4 Å². The first kappa shape index (κ1) is 12.1. The largest absolute Gasteiger partial charge is 0.478 e. The summed E-state index contributed by atoms with van der Waals surface area (Å²) in [5.41, 5.74) is 3.52. The average molecular weight is 243 g/mol. The zero-order valence-electron chi connectivity index (χ0n) is 10.2. The molecule has 1 heterocycles. The van der Waals surface area contributed by atoms with E-state index in [2.05, 4.69) is 4.98 Å². The molecule has 0 bridgehead atoms. The number of rotatable bonds is 3. The number of carbonyl (C=O) groups is 1. The third kappa shape index (κ3) is 2.66. The molecule has 0 aliphatic carbocycles. The molecule has 0 aliphatic heterocycles. The van der Waals surface area contributed by atoms with Gasteiger partial charge in [-0.3, -0.25) is 0 Å². The van der Waals surface area contributed by atoms with Gasteiger partial charge in [0.2, 0.25) is 0 Å². The molecule has 0 atom stereocenters. The number of carboxylic acids is 1. The van der Waals surface area contributed by atoms with Gasteiger partial charge in [-0.1, -0.05) is 18.2 Å². The summed E-state index contributed by atoms with van der Waals surface area (Å²) < 4.78 is 5.39. The highest BCUT2D eigenvalue weighted by molar-refractivity contribution is 5.82. The molecular weight excluding hydrogens is 230 g/mol. The molecule has 2 aromatic rings. The quantitative estimate of drug-likeness (QED) is 0.664. The second-order valence-corrected chi connectivity index (χ2v) is 3.96. The van der Waals surface area contributed by atoms with Crippen molar-refractivity contribution in [2.75, 3.05) is 0 Å². The molecule has 0 aliphatic rings. The van der Waals surface area contributed by atoms with Crippen LogP contribution in [0.2, 0.25) is 0 Å². The minimum absolute atomic E-state index is 0.634. The normalized spacial score (nSPS) is 12.4. The molecule has 92 valence electrons. The Balaban J connectivity index is 2.32. The predicted octanol–water partition coefficient (Wildman–Crippen LogP) is 3.18. The van der Waals surface area contributed by atoms with Crippen LogP contribution in [0.15, 0.2) is 40.8 Å². The number of allylic oxidation sites excluding steroid dienone is 3. The summed E-state index contributed by atoms with van der Waals surface area (Å²) in [5, 5.41) is 8.50. The number of nitrogens with zero attached hydrogens (tertiary/aromatic N) is 1. The van der Waals surface area contributed by atoms with Gasteiger partial charge in [-0.2, -0.15) is 0 Å². The number of fused-ring (bicyclic) bond motifs is 1. The number of hydrogen-bond acceptors (Lipinski definition) is 3. The smallest absolute Gasteiger partial charge is 0.328 e. The molecule has 0 unspecified atom stereocenters. The fraction of sp³-hybridized carbons (Fsp3) is 0.143. The molecule has 0 radical (unpaired) electrons. The first-order valence-corrected chi connectivity index (χ1v) is 5.52. The van der Waals surface area contributed by atoms with Crippen molar-refractivity contribution in [2.45, 2.75) is 13.8 Å². The van der Waals surface area contributed by atoms with E-state index in [0.29, 0.717) is 5.89 Å². The topological polar surface area (TPSA) is 63.3 Å². The highest BCUT2D eigenvalue weighted by atomic mass is 16.4. The summed E-state index contributed by atoms with van der Waals surface area (Å²) in [6.45, 7) is 3.72. The molecule has 0 amide bonds. The molecule has 18 heavy (non-hydrogen) atoms. The molecular formula is C14H13NO3. The summed E-state index contributed by atoms with van der Waals surface area (Å²) in [4.78, 5) is 14.6. The van der Waals surface area contributed by atoms with Crippen LogP contribution in [0.5, 0.6) is 0 Å². The first-order valence-electron chi connectivity index (χ1n) is 5.52. The Labute approximate surface area is 104 Å². The van der Waals surface area contributed by atoms with Gasteiger partial charge in [-0.15, -0.1) is 0 Å². The highest BCUT2D eigenvalue weighted by Crippen LogP contribution is 2.21. The third-order valence-corrected chi connectivity index (χ3v) is 2.53. The Kier molecular flexibility index (Phi) is 3.28. The maximum atomic E-state index is 10.4. The Bertz CT molecular complexity index is 650. The SMILES string of the molecule is C/C(=C\C=C\C(=O)O)c1ccc2oc(C)nc2c1. The maximum absolute atomic E-state index is 10.4. The lowest BCUT2D eigenvalue weighted by atomic mass is 10.1. The Morgan fingerprint density at radius 1 is 1.44 bits per heavy atom. The van der Waals surface area contributed by atoms with E-state index in [-0.39, 0.29) is 0 Å². The van der Waals surface area contributed by atoms with Gasteiger partial charge in [-0.05, 0) is 30.2 Å². The van der Waals surface area contributed by atoms with Gasteiger partial charge in [0.05, 0.1) is 0 Å². The lowest BCUT2D eigenvalue weighted by molar-refractivity contribution is -0.131. The van der Waals surface area contributed by atoms with E-state index in [1.165, 1.54) is 6.08 Å². The van der Waals surface area contributed by atoms with E-state index in [1.54, 1.807) is 13.0 Å². The van der Waals surface area contributed by atoms with Crippen molar-refractivity contribution in [3.63, 3.8) is 0 Å². The average Bonchev–Trinajstić information content (AvgIpc) is 2.67. The van der Waals surface area contributed by atoms with Gasteiger partial charge < -0.3 is 9.52 Å². The summed E-state index contributed by atoms with van der Waals surface area (Å²) in [6, 6.07) is 5.71. The Hall–Kier alpha value is -2.36. The molecule has 2 rings (SSSR count).